The van der Waals surface area contributed by atoms with Gasteiger partial charge in [0.15, 0.2) is 46.2 Å². The minimum absolute atomic E-state index is 0.0203. The Morgan fingerprint density at radius 2 is 0.962 bits per heavy atom. The minimum Gasteiger partial charge on any atom is -0.490 e. The number of carboxylic acid groups (broad SMARTS) is 1. The van der Waals surface area contributed by atoms with Crippen molar-refractivity contribution in [2.45, 2.75) is 193 Å². The quantitative estimate of drug-likeness (QED) is 0.0125. The molecule has 0 radical (unpaired) electrons. The van der Waals surface area contributed by atoms with E-state index in [2.05, 4.69) is 80.5 Å². The molecule has 0 saturated carbocycles. The maximum absolute atomic E-state index is 13.2. The summed E-state index contributed by atoms with van der Waals surface area (Å²) in [6.07, 6.45) is 14.1. The minimum atomic E-state index is -1.22. The van der Waals surface area contributed by atoms with Crippen molar-refractivity contribution in [2.75, 3.05) is 129 Å². The summed E-state index contributed by atoms with van der Waals surface area (Å²) >= 11 is 0. The first-order chi connectivity index (χ1) is 63.1. The number of carbonyl (C=O) groups excluding carboxylic acids is 9. The molecular formula is C89H115N19O23. The van der Waals surface area contributed by atoms with Crippen LogP contribution in [0.15, 0.2) is 58.0 Å². The van der Waals surface area contributed by atoms with Crippen LogP contribution in [0.5, 0.6) is 11.5 Å². The molecule has 8 aromatic rings. The number of anilines is 3. The number of rotatable bonds is 49. The van der Waals surface area contributed by atoms with E-state index >= 15 is 0 Å². The lowest BCUT2D eigenvalue weighted by molar-refractivity contribution is -0.138. The number of nitrogen functional groups attached to an aromatic ring is 2. The number of hydrogen-bond donors (Lipinski definition) is 10. The van der Waals surface area contributed by atoms with E-state index < -0.39 is 76.5 Å². The van der Waals surface area contributed by atoms with Gasteiger partial charge < -0.3 is 90.2 Å². The molecule has 0 spiro atoms. The van der Waals surface area contributed by atoms with Crippen molar-refractivity contribution in [3.8, 4) is 58.2 Å². The van der Waals surface area contributed by atoms with E-state index in [0.717, 1.165) is 73.2 Å². The number of piperidine rings is 2. The van der Waals surface area contributed by atoms with Crippen molar-refractivity contribution in [1.29, 1.82) is 0 Å². The Morgan fingerprint density at radius 3 is 1.42 bits per heavy atom. The molecule has 2 unspecified atom stereocenters. The Balaban J connectivity index is 0.000000226. The molecule has 131 heavy (non-hydrogen) atoms. The Morgan fingerprint density at radius 1 is 0.527 bits per heavy atom. The van der Waals surface area contributed by atoms with Gasteiger partial charge in [-0.15, -0.1) is 0 Å². The van der Waals surface area contributed by atoms with Crippen LogP contribution in [0.1, 0.15) is 209 Å². The summed E-state index contributed by atoms with van der Waals surface area (Å²) in [5.41, 5.74) is 20.8. The van der Waals surface area contributed by atoms with Crippen LogP contribution >= 0.6 is 0 Å². The highest BCUT2D eigenvalue weighted by Crippen LogP contribution is 2.38. The number of aryl methyl sites for hydroxylation is 3. The third-order valence-corrected chi connectivity index (χ3v) is 20.8. The molecule has 704 valence electrons. The molecule has 4 aliphatic rings. The third kappa shape index (κ3) is 28.4. The van der Waals surface area contributed by atoms with E-state index in [0.29, 0.717) is 236 Å². The van der Waals surface area contributed by atoms with Gasteiger partial charge in [0.25, 0.3) is 23.6 Å². The second kappa shape index (κ2) is 49.8. The van der Waals surface area contributed by atoms with Crippen molar-refractivity contribution < 1.29 is 110 Å². The molecule has 0 aliphatic carbocycles. The lowest BCUT2D eigenvalue weighted by Crippen LogP contribution is -2.54. The van der Waals surface area contributed by atoms with Gasteiger partial charge in [-0.05, 0) is 149 Å². The largest absolute Gasteiger partial charge is 0.490 e. The maximum atomic E-state index is 13.2. The van der Waals surface area contributed by atoms with E-state index in [4.69, 9.17) is 74.4 Å². The second-order valence-electron chi connectivity index (χ2n) is 31.7. The smallest absolute Gasteiger partial charge is 0.303 e. The summed E-state index contributed by atoms with van der Waals surface area (Å²) in [6.45, 7) is 18.5. The molecular weight excluding hydrogens is 1700 g/mol. The van der Waals surface area contributed by atoms with Crippen LogP contribution < -0.4 is 47.9 Å². The van der Waals surface area contributed by atoms with Gasteiger partial charge in [0.1, 0.15) is 56.7 Å². The highest BCUT2D eigenvalue weighted by Gasteiger charge is 2.47. The number of unbranched alkanes of at least 4 members (excludes halogenated alkanes) is 8. The van der Waals surface area contributed by atoms with Gasteiger partial charge in [-0.2, -0.15) is 0 Å². The zero-order valence-corrected chi connectivity index (χ0v) is 74.5. The van der Waals surface area contributed by atoms with Gasteiger partial charge in [0.05, 0.1) is 121 Å². The van der Waals surface area contributed by atoms with Crippen LogP contribution in [0.25, 0.3) is 45.1 Å². The van der Waals surface area contributed by atoms with Gasteiger partial charge in [-0.1, -0.05) is 68.6 Å². The number of benzene rings is 2. The third-order valence-electron chi connectivity index (χ3n) is 20.8. The van der Waals surface area contributed by atoms with Crippen LogP contribution in [0.4, 0.5) is 17.3 Å². The molecule has 2 saturated heterocycles. The molecule has 2 fully saturated rings. The van der Waals surface area contributed by atoms with Crippen molar-refractivity contribution in [1.82, 2.24) is 75.4 Å². The van der Waals surface area contributed by atoms with E-state index in [1.54, 1.807) is 70.4 Å². The van der Waals surface area contributed by atoms with Crippen LogP contribution in [-0.4, -0.2) is 269 Å². The van der Waals surface area contributed by atoms with Gasteiger partial charge >= 0.3 is 5.97 Å². The number of carboxylic acids is 1. The van der Waals surface area contributed by atoms with Gasteiger partial charge in [-0.3, -0.25) is 68.4 Å². The number of imide groups is 4. The normalized spacial score (nSPS) is 14.8. The fourth-order valence-corrected chi connectivity index (χ4v) is 14.5. The molecule has 2 aromatic carbocycles. The SMILES string of the molecule is CCn1c(-c2nonc2N)nc2c(C#CC(C)(C)O)ncc(OCCCCCCCC(=O)NCCOCCOCCOCCNc3cccc4c3C(=O)N(C3CCC(=O)NC3=O)C4=O)c21.CCn1c(-c2nonc2N)nc2c(C#CC(C)(C)O)ncc(OCCCCCCCC(=O)O)c21.NCCOCCOCCOCCCc1cccc2c1C(=O)N(C1CCC(=O)NC1=O)C2=O. The number of aliphatic carboxylic acids is 1. The Bertz CT molecular complexity index is 5430. The first kappa shape index (κ1) is 100. The van der Waals surface area contributed by atoms with Gasteiger partial charge in [0.2, 0.25) is 29.5 Å². The maximum Gasteiger partial charge on any atom is 0.303 e. The van der Waals surface area contributed by atoms with E-state index in [1.807, 2.05) is 29.0 Å². The Kier molecular flexibility index (Phi) is 38.2. The van der Waals surface area contributed by atoms with Crippen LogP contribution in [0, 0.1) is 23.7 Å². The first-order valence-corrected chi connectivity index (χ1v) is 43.9. The number of nitrogens with zero attached hydrogens (tertiary/aromatic N) is 12. The van der Waals surface area contributed by atoms with Crippen LogP contribution in [0.3, 0.4) is 0 Å². The molecule has 6 aromatic heterocycles. The molecule has 10 heterocycles. The number of pyridine rings is 2. The number of carbonyl (C=O) groups is 10. The molecule has 12 rings (SSSR count). The highest BCUT2D eigenvalue weighted by molar-refractivity contribution is 6.26. The number of aliphatic hydroxyl groups is 2. The van der Waals surface area contributed by atoms with E-state index in [-0.39, 0.29) is 60.8 Å². The Hall–Kier alpha value is -12.8. The number of hydrogen-bond acceptors (Lipinski definition) is 34. The number of amides is 9. The van der Waals surface area contributed by atoms with Crippen LogP contribution in [-0.2, 0) is 76.7 Å². The number of imidazole rings is 2. The molecule has 13 N–H and O–H groups in total. The zero-order valence-electron chi connectivity index (χ0n) is 74.5. The molecule has 42 heteroatoms. The number of aromatic nitrogens is 10. The lowest BCUT2D eigenvalue weighted by atomic mass is 9.99. The summed E-state index contributed by atoms with van der Waals surface area (Å²) in [4.78, 5) is 143. The Labute approximate surface area is 755 Å². The molecule has 9 amide bonds. The average Bonchev–Trinajstić information content (AvgIpc) is 1.62. The monoisotopic (exact) mass is 1820 g/mol. The molecule has 42 nitrogen and oxygen atoms in total. The topological polar surface area (TPSA) is 577 Å². The second-order valence-corrected chi connectivity index (χ2v) is 31.7. The summed E-state index contributed by atoms with van der Waals surface area (Å²) in [7, 11) is 0. The van der Waals surface area contributed by atoms with Crippen molar-refractivity contribution >= 4 is 98.5 Å². The lowest BCUT2D eigenvalue weighted by Gasteiger charge is -2.27. The standard InChI is InChI=1S/C44H56N10O11.C23H30N6O5.C22H29N3O7/c1-4-53-38-32(27-48-30(16-17-44(2,3)60)36(38)50-40(53)37-39(45)52-65-51-37)64-20-9-7-5-6-8-13-33(55)47-19-22-62-24-26-63-25-23-61-21-18-46-29-12-10-11-28-35(29)43(59)54(42(28)58)31-14-15-34(56)49-41(31)57;1-4-29-20-16(33-13-9-7-5-6-8-10-17(30)31)14-25-15(11-12-23(2,3)32)18(20)26-22(29)19-21(24)28-34-27-19;23-8-10-31-12-14-32-13-11-30-9-2-4-15-3-1-5-16-19(15)22(29)25(21(16)28)17-6-7-18(26)24-20(17)27/h10-12,27,31,46,60H,4-9,13-15,18-26H2,1-3H3,(H2,45,52)(H,47,55)(H,49,56,57);14,32H,4-10,13H2,1-3H3,(H2,24,28)(H,30,31);1,3,5,17H,2,4,6-14,23H2,(H,24,26,27). The fourth-order valence-electron chi connectivity index (χ4n) is 14.5. The molecule has 0 bridgehead atoms. The van der Waals surface area contributed by atoms with E-state index in [1.165, 1.54) is 0 Å². The fraction of sp³-hybridized carbons (Fsp3) is 0.528. The molecule has 4 aliphatic heterocycles. The van der Waals surface area contributed by atoms with Crippen molar-refractivity contribution in [2.24, 2.45) is 5.73 Å². The van der Waals surface area contributed by atoms with Crippen LogP contribution in [0.2, 0.25) is 0 Å². The van der Waals surface area contributed by atoms with Crippen molar-refractivity contribution in [3.63, 3.8) is 0 Å². The summed E-state index contributed by atoms with van der Waals surface area (Å²) in [5, 5.41) is 54.5. The van der Waals surface area contributed by atoms with Gasteiger partial charge in [-0.25, -0.2) is 29.2 Å². The summed E-state index contributed by atoms with van der Waals surface area (Å²) in [6, 6.07) is 8.03. The van der Waals surface area contributed by atoms with Crippen molar-refractivity contribution in [3.05, 3.63) is 88.0 Å². The number of nitrogens with one attached hydrogen (secondary N) is 4. The summed E-state index contributed by atoms with van der Waals surface area (Å²) < 4.78 is 58.5. The number of fused-ring (bicyclic) bond motifs is 4. The predicted molar refractivity (Wildman–Crippen MR) is 472 cm³/mol. The highest BCUT2D eigenvalue weighted by atomic mass is 16.6. The zero-order chi connectivity index (χ0) is 94.0. The summed E-state index contributed by atoms with van der Waals surface area (Å²) in [5.74, 6) is 8.61. The first-order valence-electron chi connectivity index (χ1n) is 43.9. The number of ether oxygens (including phenoxy) is 8. The average molecular weight is 1820 g/mol. The molecule has 2 atom stereocenters. The van der Waals surface area contributed by atoms with E-state index in [9.17, 15) is 58.2 Å². The predicted octanol–water partition coefficient (Wildman–Crippen LogP) is 5.64. The number of nitrogens with two attached hydrogens (primary N) is 3. The van der Waals surface area contributed by atoms with Gasteiger partial charge in [0, 0.05) is 70.7 Å².